The first-order valence-corrected chi connectivity index (χ1v) is 9.76. The lowest BCUT2D eigenvalue weighted by atomic mass is 9.95. The molecule has 1 fully saturated rings. The zero-order valence-electron chi connectivity index (χ0n) is 16.5. The van der Waals surface area contributed by atoms with Gasteiger partial charge in [0.05, 0.1) is 18.6 Å². The maximum absolute atomic E-state index is 12.6. The van der Waals surface area contributed by atoms with Gasteiger partial charge in [0.2, 0.25) is 12.0 Å². The van der Waals surface area contributed by atoms with E-state index in [1.807, 2.05) is 0 Å². The minimum atomic E-state index is -1.70. The van der Waals surface area contributed by atoms with Gasteiger partial charge in [0, 0.05) is 0 Å². The van der Waals surface area contributed by atoms with Gasteiger partial charge in [0.1, 0.15) is 30.5 Å². The first kappa shape index (κ1) is 22.1. The average Bonchev–Trinajstić information content (AvgIpc) is 2.77. The molecule has 0 amide bonds. The monoisotopic (exact) mass is 450 g/mol. The number of carbonyl (C=O) groups excluding carboxylic acids is 1. The fourth-order valence-electron chi connectivity index (χ4n) is 3.67. The van der Waals surface area contributed by atoms with Gasteiger partial charge >= 0.3 is 0 Å². The van der Waals surface area contributed by atoms with Crippen LogP contribution in [0, 0.1) is 0 Å². The second-order valence-corrected chi connectivity index (χ2v) is 7.59. The topological polar surface area (TPSA) is 186 Å². The Labute approximate surface area is 181 Å². The number of Topliss-reactive ketones (excluding diaryl/α,β-unsaturated/α-hetero) is 1. The number of ether oxygens (including phenoxy) is 3. The van der Waals surface area contributed by atoms with Gasteiger partial charge in [-0.25, -0.2) is 0 Å². The Balaban J connectivity index is 1.61. The highest BCUT2D eigenvalue weighted by Crippen LogP contribution is 2.46. The molecule has 172 valence electrons. The number of rotatable bonds is 4. The van der Waals surface area contributed by atoms with Crippen molar-refractivity contribution in [3.8, 4) is 28.7 Å². The van der Waals surface area contributed by atoms with Crippen LogP contribution in [0.3, 0.4) is 0 Å². The van der Waals surface area contributed by atoms with E-state index >= 15 is 0 Å². The standard InChI is InChI=1S/C21H22O11/c22-7-15-16(26)18(28)19(29)21(32-15)31-13-4-2-9-11(24)6-14(30-20(9)17(13)27)8-1-3-10(23)12(25)5-8/h1-5,14-16,18-19,21-23,25-29H,6-7H2/t14-,15+,16-,18-,19+,21+/m1/s1. The molecule has 2 heterocycles. The molecule has 32 heavy (non-hydrogen) atoms. The highest BCUT2D eigenvalue weighted by molar-refractivity contribution is 6.01. The van der Waals surface area contributed by atoms with Crippen LogP contribution in [0.4, 0.5) is 0 Å². The lowest BCUT2D eigenvalue weighted by Gasteiger charge is -2.39. The summed E-state index contributed by atoms with van der Waals surface area (Å²) in [4.78, 5) is 12.6. The molecular formula is C21H22O11. The van der Waals surface area contributed by atoms with Gasteiger partial charge in [-0.2, -0.15) is 0 Å². The van der Waals surface area contributed by atoms with E-state index in [4.69, 9.17) is 14.2 Å². The Morgan fingerprint density at radius 1 is 0.969 bits per heavy atom. The van der Waals surface area contributed by atoms with Crippen LogP contribution in [0.5, 0.6) is 28.7 Å². The maximum atomic E-state index is 12.6. The van der Waals surface area contributed by atoms with Gasteiger partial charge < -0.3 is 50.0 Å². The number of hydrogen-bond donors (Lipinski definition) is 7. The van der Waals surface area contributed by atoms with Crippen molar-refractivity contribution in [3.63, 3.8) is 0 Å². The molecule has 7 N–H and O–H groups in total. The first-order valence-electron chi connectivity index (χ1n) is 9.76. The molecule has 0 saturated carbocycles. The lowest BCUT2D eigenvalue weighted by molar-refractivity contribution is -0.277. The smallest absolute Gasteiger partial charge is 0.229 e. The van der Waals surface area contributed by atoms with Crippen LogP contribution in [0.15, 0.2) is 30.3 Å². The van der Waals surface area contributed by atoms with Crippen LogP contribution in [0.2, 0.25) is 0 Å². The number of ketones is 1. The first-order chi connectivity index (χ1) is 15.2. The molecule has 2 aliphatic rings. The molecule has 4 rings (SSSR count). The quantitative estimate of drug-likeness (QED) is 0.303. The summed E-state index contributed by atoms with van der Waals surface area (Å²) in [6, 6.07) is 6.55. The zero-order chi connectivity index (χ0) is 23.2. The van der Waals surface area contributed by atoms with E-state index < -0.39 is 54.9 Å². The Morgan fingerprint density at radius 2 is 1.72 bits per heavy atom. The van der Waals surface area contributed by atoms with Gasteiger partial charge in [-0.15, -0.1) is 0 Å². The Morgan fingerprint density at radius 3 is 2.41 bits per heavy atom. The number of phenolic OH excluding ortho intramolecular Hbond substituents is 3. The largest absolute Gasteiger partial charge is 0.504 e. The van der Waals surface area contributed by atoms with E-state index in [2.05, 4.69) is 0 Å². The SMILES string of the molecule is O=C1C[C@H](c2ccc(O)c(O)c2)Oc2c1ccc(O[C@H]1O[C@@H](CO)[C@@H](O)[C@@H](O)[C@@H]1O)c2O. The van der Waals surface area contributed by atoms with Crippen molar-refractivity contribution in [2.24, 2.45) is 0 Å². The summed E-state index contributed by atoms with van der Waals surface area (Å²) in [7, 11) is 0. The minimum absolute atomic E-state index is 0.0798. The summed E-state index contributed by atoms with van der Waals surface area (Å²) in [5.41, 5.74) is 0.474. The number of hydrogen-bond acceptors (Lipinski definition) is 11. The van der Waals surface area contributed by atoms with E-state index in [0.717, 1.165) is 0 Å². The maximum Gasteiger partial charge on any atom is 0.229 e. The van der Waals surface area contributed by atoms with Crippen LogP contribution in [0.25, 0.3) is 0 Å². The van der Waals surface area contributed by atoms with Crippen LogP contribution >= 0.6 is 0 Å². The molecule has 2 aromatic rings. The van der Waals surface area contributed by atoms with Crippen molar-refractivity contribution in [1.82, 2.24) is 0 Å². The van der Waals surface area contributed by atoms with Crippen molar-refractivity contribution in [1.29, 1.82) is 0 Å². The van der Waals surface area contributed by atoms with Crippen molar-refractivity contribution >= 4 is 5.78 Å². The average molecular weight is 450 g/mol. The van der Waals surface area contributed by atoms with E-state index in [1.165, 1.54) is 30.3 Å². The number of fused-ring (bicyclic) bond motifs is 1. The van der Waals surface area contributed by atoms with Crippen molar-refractivity contribution < 1.29 is 54.8 Å². The lowest BCUT2D eigenvalue weighted by Crippen LogP contribution is -2.60. The van der Waals surface area contributed by atoms with Crippen LogP contribution < -0.4 is 9.47 Å². The predicted molar refractivity (Wildman–Crippen MR) is 105 cm³/mol. The van der Waals surface area contributed by atoms with Crippen LogP contribution in [0.1, 0.15) is 28.4 Å². The molecule has 2 aromatic carbocycles. The molecule has 0 spiro atoms. The predicted octanol–water partition coefficient (Wildman–Crippen LogP) is -0.311. The summed E-state index contributed by atoms with van der Waals surface area (Å²) in [6.07, 6.45) is -8.64. The Hall–Kier alpha value is -3.09. The third kappa shape index (κ3) is 3.80. The van der Waals surface area contributed by atoms with Gasteiger partial charge in [-0.3, -0.25) is 4.79 Å². The Bertz CT molecular complexity index is 1020. The number of phenols is 3. The molecule has 2 aliphatic heterocycles. The third-order valence-electron chi connectivity index (χ3n) is 5.49. The molecule has 0 unspecified atom stereocenters. The fraction of sp³-hybridized carbons (Fsp3) is 0.381. The van der Waals surface area contributed by atoms with E-state index in [9.17, 15) is 40.5 Å². The highest BCUT2D eigenvalue weighted by Gasteiger charge is 2.45. The van der Waals surface area contributed by atoms with Crippen molar-refractivity contribution in [2.45, 2.75) is 43.2 Å². The van der Waals surface area contributed by atoms with E-state index in [0.29, 0.717) is 5.56 Å². The molecule has 6 atom stereocenters. The number of carbonyl (C=O) groups is 1. The van der Waals surface area contributed by atoms with Crippen LogP contribution in [-0.4, -0.2) is 78.8 Å². The molecule has 11 heteroatoms. The van der Waals surface area contributed by atoms with E-state index in [-0.39, 0.29) is 35.0 Å². The molecular weight excluding hydrogens is 428 g/mol. The summed E-state index contributed by atoms with van der Waals surface area (Å²) in [5, 5.41) is 69.1. The molecule has 11 nitrogen and oxygen atoms in total. The normalized spacial score (nSPS) is 29.8. The van der Waals surface area contributed by atoms with Crippen LogP contribution in [-0.2, 0) is 4.74 Å². The second-order valence-electron chi connectivity index (χ2n) is 7.59. The van der Waals surface area contributed by atoms with Gasteiger partial charge in [-0.1, -0.05) is 6.07 Å². The van der Waals surface area contributed by atoms with E-state index in [1.54, 1.807) is 0 Å². The molecule has 0 radical (unpaired) electrons. The highest BCUT2D eigenvalue weighted by atomic mass is 16.7. The van der Waals surface area contributed by atoms with Crippen molar-refractivity contribution in [2.75, 3.05) is 6.61 Å². The minimum Gasteiger partial charge on any atom is -0.504 e. The molecule has 0 aliphatic carbocycles. The number of benzene rings is 2. The molecule has 0 aromatic heterocycles. The third-order valence-corrected chi connectivity index (χ3v) is 5.49. The fourth-order valence-corrected chi connectivity index (χ4v) is 3.67. The number of aliphatic hydroxyl groups excluding tert-OH is 4. The Kier molecular flexibility index (Phi) is 5.84. The molecule has 0 bridgehead atoms. The van der Waals surface area contributed by atoms with Gasteiger partial charge in [0.25, 0.3) is 0 Å². The summed E-state index contributed by atoms with van der Waals surface area (Å²) in [6.45, 7) is -0.653. The number of aliphatic hydroxyl groups is 4. The summed E-state index contributed by atoms with van der Waals surface area (Å²) >= 11 is 0. The van der Waals surface area contributed by atoms with Gasteiger partial charge in [-0.05, 0) is 29.8 Å². The second kappa shape index (κ2) is 8.45. The zero-order valence-corrected chi connectivity index (χ0v) is 16.5. The summed E-state index contributed by atoms with van der Waals surface area (Å²) in [5.74, 6) is -2.09. The number of aromatic hydroxyl groups is 3. The van der Waals surface area contributed by atoms with Gasteiger partial charge in [0.15, 0.2) is 28.8 Å². The van der Waals surface area contributed by atoms with Crippen molar-refractivity contribution in [3.05, 3.63) is 41.5 Å². The summed E-state index contributed by atoms with van der Waals surface area (Å²) < 4.78 is 16.5. The molecule has 1 saturated heterocycles.